The average molecular weight is 336 g/mol. The van der Waals surface area contributed by atoms with Crippen molar-refractivity contribution in [3.63, 3.8) is 0 Å². The highest BCUT2D eigenvalue weighted by atomic mass is 32.1. The highest BCUT2D eigenvalue weighted by molar-refractivity contribution is 7.71. The number of benzene rings is 2. The highest BCUT2D eigenvalue weighted by Gasteiger charge is 2.20. The first kappa shape index (κ1) is 14.9. The van der Waals surface area contributed by atoms with Crippen LogP contribution >= 0.6 is 12.2 Å². The standard InChI is InChI=1S/C19H16N2O2S/c1-11-6-7-16-13(8-11)10-15-18(23-16)20-17(21-19(15)24)12-4-3-5-14(9-12)22-2/h3-9H,10H2,1-2H3,(H,20,21,24). The number of aromatic amines is 1. The van der Waals surface area contributed by atoms with Crippen LogP contribution in [0.25, 0.3) is 11.4 Å². The van der Waals surface area contributed by atoms with Gasteiger partial charge in [-0.25, -0.2) is 4.98 Å². The van der Waals surface area contributed by atoms with Gasteiger partial charge in [0, 0.05) is 12.0 Å². The third-order valence-corrected chi connectivity index (χ3v) is 4.45. The largest absolute Gasteiger partial charge is 0.497 e. The summed E-state index contributed by atoms with van der Waals surface area (Å²) < 4.78 is 11.9. The van der Waals surface area contributed by atoms with Crippen LogP contribution in [0.5, 0.6) is 17.4 Å². The maximum Gasteiger partial charge on any atom is 0.205 e. The molecule has 5 heteroatoms. The van der Waals surface area contributed by atoms with Gasteiger partial charge in [0.15, 0.2) is 0 Å². The zero-order valence-corrected chi connectivity index (χ0v) is 14.2. The molecular weight excluding hydrogens is 320 g/mol. The number of hydrogen-bond donors (Lipinski definition) is 1. The molecule has 1 aliphatic heterocycles. The van der Waals surface area contributed by atoms with Crippen molar-refractivity contribution >= 4 is 12.2 Å². The van der Waals surface area contributed by atoms with Gasteiger partial charge in [0.1, 0.15) is 22.0 Å². The summed E-state index contributed by atoms with van der Waals surface area (Å²) in [5.74, 6) is 2.98. The summed E-state index contributed by atoms with van der Waals surface area (Å²) in [7, 11) is 1.64. The summed E-state index contributed by atoms with van der Waals surface area (Å²) in [4.78, 5) is 7.82. The van der Waals surface area contributed by atoms with E-state index >= 15 is 0 Å². The number of methoxy groups -OCH3 is 1. The van der Waals surface area contributed by atoms with E-state index in [1.165, 1.54) is 5.56 Å². The fourth-order valence-electron chi connectivity index (χ4n) is 2.87. The monoisotopic (exact) mass is 336 g/mol. The molecular formula is C19H16N2O2S. The van der Waals surface area contributed by atoms with E-state index in [9.17, 15) is 0 Å². The molecule has 120 valence electrons. The summed E-state index contributed by atoms with van der Waals surface area (Å²) in [6.45, 7) is 2.07. The first-order chi connectivity index (χ1) is 11.6. The minimum Gasteiger partial charge on any atom is -0.497 e. The second-order valence-corrected chi connectivity index (χ2v) is 6.21. The van der Waals surface area contributed by atoms with Crippen LogP contribution in [0.2, 0.25) is 0 Å². The molecule has 1 aliphatic rings. The predicted octanol–water partition coefficient (Wildman–Crippen LogP) is 4.82. The maximum absolute atomic E-state index is 6.04. The molecule has 24 heavy (non-hydrogen) atoms. The molecule has 0 bridgehead atoms. The lowest BCUT2D eigenvalue weighted by atomic mass is 10.0. The predicted molar refractivity (Wildman–Crippen MR) is 95.5 cm³/mol. The van der Waals surface area contributed by atoms with Gasteiger partial charge in [0.05, 0.1) is 12.7 Å². The Balaban J connectivity index is 1.80. The van der Waals surface area contributed by atoms with Gasteiger partial charge in [-0.2, -0.15) is 0 Å². The molecule has 0 unspecified atom stereocenters. The zero-order chi connectivity index (χ0) is 16.7. The van der Waals surface area contributed by atoms with E-state index in [0.717, 1.165) is 34.6 Å². The number of rotatable bonds is 2. The second-order valence-electron chi connectivity index (χ2n) is 5.82. The number of fused-ring (bicyclic) bond motifs is 2. The molecule has 0 aliphatic carbocycles. The number of ether oxygens (including phenoxy) is 2. The van der Waals surface area contributed by atoms with Crippen LogP contribution in [0.3, 0.4) is 0 Å². The van der Waals surface area contributed by atoms with Gasteiger partial charge < -0.3 is 14.5 Å². The number of aryl methyl sites for hydroxylation is 1. The van der Waals surface area contributed by atoms with Crippen molar-refractivity contribution in [3.05, 3.63) is 63.8 Å². The van der Waals surface area contributed by atoms with Crippen molar-refractivity contribution in [2.24, 2.45) is 0 Å². The third kappa shape index (κ3) is 2.57. The first-order valence-corrected chi connectivity index (χ1v) is 8.10. The molecule has 4 nitrogen and oxygen atoms in total. The minimum atomic E-state index is 0.564. The highest BCUT2D eigenvalue weighted by Crippen LogP contribution is 2.37. The molecule has 2 aromatic carbocycles. The van der Waals surface area contributed by atoms with Gasteiger partial charge in [-0.3, -0.25) is 0 Å². The number of H-pyrrole nitrogens is 1. The molecule has 0 fully saturated rings. The van der Waals surface area contributed by atoms with Crippen molar-refractivity contribution in [2.75, 3.05) is 7.11 Å². The van der Waals surface area contributed by atoms with Crippen molar-refractivity contribution in [2.45, 2.75) is 13.3 Å². The molecule has 0 radical (unpaired) electrons. The van der Waals surface area contributed by atoms with Gasteiger partial charge in [0.25, 0.3) is 0 Å². The summed E-state index contributed by atoms with van der Waals surface area (Å²) in [5.41, 5.74) is 4.17. The summed E-state index contributed by atoms with van der Waals surface area (Å²) in [6, 6.07) is 13.9. The smallest absolute Gasteiger partial charge is 0.205 e. The van der Waals surface area contributed by atoms with E-state index in [0.29, 0.717) is 16.3 Å². The fourth-order valence-corrected chi connectivity index (χ4v) is 3.13. The molecule has 0 saturated carbocycles. The molecule has 1 N–H and O–H groups in total. The Hall–Kier alpha value is -2.66. The summed E-state index contributed by atoms with van der Waals surface area (Å²) in [6.07, 6.45) is 0.729. The Bertz CT molecular complexity index is 995. The Morgan fingerprint density at radius 1 is 1.21 bits per heavy atom. The van der Waals surface area contributed by atoms with E-state index in [-0.39, 0.29) is 0 Å². The lowest BCUT2D eigenvalue weighted by Crippen LogP contribution is -2.08. The van der Waals surface area contributed by atoms with Crippen molar-refractivity contribution in [1.82, 2.24) is 9.97 Å². The topological polar surface area (TPSA) is 47.1 Å². The van der Waals surface area contributed by atoms with E-state index in [4.69, 9.17) is 21.7 Å². The fraction of sp³-hybridized carbons (Fsp3) is 0.158. The first-order valence-electron chi connectivity index (χ1n) is 7.69. The van der Waals surface area contributed by atoms with E-state index in [2.05, 4.69) is 23.0 Å². The van der Waals surface area contributed by atoms with Gasteiger partial charge in [-0.05, 0) is 30.7 Å². The lowest BCUT2D eigenvalue weighted by molar-refractivity contribution is 0.415. The Morgan fingerprint density at radius 3 is 2.92 bits per heavy atom. The average Bonchev–Trinajstić information content (AvgIpc) is 2.60. The molecule has 2 heterocycles. The molecule has 4 rings (SSSR count). The SMILES string of the molecule is COc1cccc(-c2nc(=S)c3c([nH]2)Oc2ccc(C)cc2C3)c1. The van der Waals surface area contributed by atoms with Gasteiger partial charge >= 0.3 is 0 Å². The van der Waals surface area contributed by atoms with Crippen molar-refractivity contribution in [3.8, 4) is 28.8 Å². The van der Waals surface area contributed by atoms with Crippen LogP contribution in [0.15, 0.2) is 42.5 Å². The number of nitrogens with zero attached hydrogens (tertiary/aromatic N) is 1. The molecule has 0 saturated heterocycles. The lowest BCUT2D eigenvalue weighted by Gasteiger charge is -2.21. The molecule has 3 aromatic rings. The van der Waals surface area contributed by atoms with Crippen LogP contribution in [0.4, 0.5) is 0 Å². The van der Waals surface area contributed by atoms with E-state index < -0.39 is 0 Å². The number of aromatic nitrogens is 2. The van der Waals surface area contributed by atoms with Crippen LogP contribution in [-0.2, 0) is 6.42 Å². The summed E-state index contributed by atoms with van der Waals surface area (Å²) in [5, 5.41) is 0. The van der Waals surface area contributed by atoms with Gasteiger partial charge in [0.2, 0.25) is 5.88 Å². The van der Waals surface area contributed by atoms with Crippen LogP contribution in [0, 0.1) is 11.6 Å². The van der Waals surface area contributed by atoms with E-state index in [1.807, 2.05) is 36.4 Å². The molecule has 0 spiro atoms. The Labute approximate surface area is 145 Å². The summed E-state index contributed by atoms with van der Waals surface area (Å²) >= 11 is 5.51. The Kier molecular flexibility index (Phi) is 3.58. The van der Waals surface area contributed by atoms with Crippen LogP contribution < -0.4 is 9.47 Å². The molecule has 0 atom stereocenters. The van der Waals surface area contributed by atoms with Crippen molar-refractivity contribution in [1.29, 1.82) is 0 Å². The van der Waals surface area contributed by atoms with Gasteiger partial charge in [-0.1, -0.05) is 42.0 Å². The quantitative estimate of drug-likeness (QED) is 0.533. The van der Waals surface area contributed by atoms with Crippen LogP contribution in [0.1, 0.15) is 16.7 Å². The van der Waals surface area contributed by atoms with E-state index in [1.54, 1.807) is 7.11 Å². The van der Waals surface area contributed by atoms with Crippen molar-refractivity contribution < 1.29 is 9.47 Å². The zero-order valence-electron chi connectivity index (χ0n) is 13.4. The normalized spacial score (nSPS) is 12.1. The number of nitrogens with one attached hydrogen (secondary N) is 1. The maximum atomic E-state index is 6.04. The molecule has 0 amide bonds. The third-order valence-electron chi connectivity index (χ3n) is 4.12. The number of hydrogen-bond acceptors (Lipinski definition) is 4. The minimum absolute atomic E-state index is 0.564. The Morgan fingerprint density at radius 2 is 2.08 bits per heavy atom. The van der Waals surface area contributed by atoms with Gasteiger partial charge in [-0.15, -0.1) is 0 Å². The molecule has 1 aromatic heterocycles. The van der Waals surface area contributed by atoms with Crippen LogP contribution in [-0.4, -0.2) is 17.1 Å². The second kappa shape index (κ2) is 5.76.